The van der Waals surface area contributed by atoms with Crippen LogP contribution >= 0.6 is 0 Å². The Morgan fingerprint density at radius 1 is 1.00 bits per heavy atom. The van der Waals surface area contributed by atoms with Crippen LogP contribution in [0.25, 0.3) is 22.4 Å². The number of oxazole rings is 1. The van der Waals surface area contributed by atoms with Crippen molar-refractivity contribution in [2.24, 2.45) is 0 Å². The van der Waals surface area contributed by atoms with Gasteiger partial charge in [0.25, 0.3) is 0 Å². The summed E-state index contributed by atoms with van der Waals surface area (Å²) in [7, 11) is 0. The molecule has 0 fully saturated rings. The summed E-state index contributed by atoms with van der Waals surface area (Å²) in [5.41, 5.74) is 1.76. The number of aromatic nitrogens is 1. The minimum atomic E-state index is -0.385. The lowest BCUT2D eigenvalue weighted by atomic mass is 10.2. The summed E-state index contributed by atoms with van der Waals surface area (Å²) in [4.78, 5) is 15.8. The number of ether oxygens (including phenoxy) is 1. The quantitative estimate of drug-likeness (QED) is 0.520. The molecule has 5 heteroatoms. The summed E-state index contributed by atoms with van der Waals surface area (Å²) in [5.74, 6) is 1.89. The fourth-order valence-corrected chi connectivity index (χ4v) is 2.55. The van der Waals surface area contributed by atoms with Crippen molar-refractivity contribution in [3.8, 4) is 17.2 Å². The van der Waals surface area contributed by atoms with Crippen LogP contribution in [0.3, 0.4) is 0 Å². The second kappa shape index (κ2) is 6.28. The van der Waals surface area contributed by atoms with E-state index in [4.69, 9.17) is 13.6 Å². The zero-order valence-corrected chi connectivity index (χ0v) is 13.6. The molecule has 0 N–H and O–H groups in total. The highest BCUT2D eigenvalue weighted by Gasteiger charge is 2.12. The largest absolute Gasteiger partial charge is 0.487 e. The fourth-order valence-electron chi connectivity index (χ4n) is 2.55. The van der Waals surface area contributed by atoms with Crippen LogP contribution in [-0.2, 0) is 6.61 Å². The van der Waals surface area contributed by atoms with Gasteiger partial charge in [-0.05, 0) is 37.3 Å². The molecular weight excluding hydrogens is 318 g/mol. The highest BCUT2D eigenvalue weighted by molar-refractivity contribution is 5.77. The lowest BCUT2D eigenvalue weighted by molar-refractivity contribution is 0.299. The van der Waals surface area contributed by atoms with E-state index in [1.54, 1.807) is 12.1 Å². The topological polar surface area (TPSA) is 65.5 Å². The van der Waals surface area contributed by atoms with Crippen LogP contribution in [0.2, 0.25) is 0 Å². The van der Waals surface area contributed by atoms with Crippen molar-refractivity contribution in [3.05, 3.63) is 82.5 Å². The molecule has 0 radical (unpaired) electrons. The molecule has 0 spiro atoms. The van der Waals surface area contributed by atoms with Gasteiger partial charge in [0.1, 0.15) is 29.4 Å². The summed E-state index contributed by atoms with van der Waals surface area (Å²) in [5, 5.41) is 0.843. The third-order valence-electron chi connectivity index (χ3n) is 3.88. The molecule has 4 aromatic rings. The number of benzene rings is 2. The Morgan fingerprint density at radius 3 is 2.64 bits per heavy atom. The number of hydrogen-bond donors (Lipinski definition) is 0. The average Bonchev–Trinajstić information content (AvgIpc) is 3.01. The maximum absolute atomic E-state index is 11.3. The highest BCUT2D eigenvalue weighted by Crippen LogP contribution is 2.24. The molecule has 0 amide bonds. The standard InChI is InChI=1S/C20H15NO4/c1-13-17(21-20(24-13)15-5-3-2-4-6-15)12-23-16-9-7-14-8-10-19(22)25-18(14)11-16/h2-11H,12H2,1H3. The van der Waals surface area contributed by atoms with Crippen molar-refractivity contribution < 1.29 is 13.6 Å². The van der Waals surface area contributed by atoms with Crippen molar-refractivity contribution in [1.82, 2.24) is 4.98 Å². The zero-order valence-electron chi connectivity index (χ0n) is 13.6. The second-order valence-corrected chi connectivity index (χ2v) is 5.63. The number of fused-ring (bicyclic) bond motifs is 1. The van der Waals surface area contributed by atoms with Crippen molar-refractivity contribution in [2.45, 2.75) is 13.5 Å². The van der Waals surface area contributed by atoms with Crippen LogP contribution in [-0.4, -0.2) is 4.98 Å². The predicted molar refractivity (Wildman–Crippen MR) is 93.5 cm³/mol. The predicted octanol–water partition coefficient (Wildman–Crippen LogP) is 4.34. The maximum Gasteiger partial charge on any atom is 0.336 e. The molecule has 0 saturated heterocycles. The highest BCUT2D eigenvalue weighted by atomic mass is 16.5. The molecule has 0 atom stereocenters. The maximum atomic E-state index is 11.3. The van der Waals surface area contributed by atoms with Crippen LogP contribution in [0, 0.1) is 6.92 Å². The van der Waals surface area contributed by atoms with Gasteiger partial charge in [0.2, 0.25) is 5.89 Å². The van der Waals surface area contributed by atoms with Gasteiger partial charge >= 0.3 is 5.63 Å². The monoisotopic (exact) mass is 333 g/mol. The van der Waals surface area contributed by atoms with Crippen LogP contribution in [0.4, 0.5) is 0 Å². The summed E-state index contributed by atoms with van der Waals surface area (Å²) in [6.07, 6.45) is 0. The summed E-state index contributed by atoms with van der Waals surface area (Å²) < 4.78 is 16.7. The van der Waals surface area contributed by atoms with Crippen LogP contribution in [0.15, 0.2) is 74.3 Å². The first kappa shape index (κ1) is 15.2. The second-order valence-electron chi connectivity index (χ2n) is 5.63. The van der Waals surface area contributed by atoms with E-state index in [2.05, 4.69) is 4.98 Å². The first-order valence-electron chi connectivity index (χ1n) is 7.87. The van der Waals surface area contributed by atoms with Crippen molar-refractivity contribution >= 4 is 11.0 Å². The molecule has 0 bridgehead atoms. The molecular formula is C20H15NO4. The van der Waals surface area contributed by atoms with E-state index in [9.17, 15) is 4.79 Å². The first-order valence-corrected chi connectivity index (χ1v) is 7.87. The molecule has 25 heavy (non-hydrogen) atoms. The van der Waals surface area contributed by atoms with Crippen LogP contribution in [0.5, 0.6) is 5.75 Å². The van der Waals surface area contributed by atoms with E-state index in [1.165, 1.54) is 6.07 Å². The van der Waals surface area contributed by atoms with Crippen LogP contribution < -0.4 is 10.4 Å². The number of rotatable bonds is 4. The van der Waals surface area contributed by atoms with Gasteiger partial charge in [-0.15, -0.1) is 0 Å². The summed E-state index contributed by atoms with van der Waals surface area (Å²) in [6.45, 7) is 2.13. The third kappa shape index (κ3) is 3.17. The van der Waals surface area contributed by atoms with E-state index in [0.29, 0.717) is 23.0 Å². The number of aryl methyl sites for hydroxylation is 1. The van der Waals surface area contributed by atoms with Gasteiger partial charge in [-0.25, -0.2) is 9.78 Å². The van der Waals surface area contributed by atoms with E-state index in [0.717, 1.165) is 16.6 Å². The molecule has 2 aromatic heterocycles. The van der Waals surface area contributed by atoms with Gasteiger partial charge in [0.05, 0.1) is 0 Å². The lowest BCUT2D eigenvalue weighted by Crippen LogP contribution is -1.98. The Morgan fingerprint density at radius 2 is 1.80 bits per heavy atom. The Labute approximate surface area is 143 Å². The summed E-state index contributed by atoms with van der Waals surface area (Å²) >= 11 is 0. The minimum Gasteiger partial charge on any atom is -0.487 e. The molecule has 124 valence electrons. The minimum absolute atomic E-state index is 0.269. The van der Waals surface area contributed by atoms with Gasteiger partial charge in [0, 0.05) is 23.1 Å². The molecule has 0 aliphatic carbocycles. The zero-order chi connectivity index (χ0) is 17.2. The van der Waals surface area contributed by atoms with Crippen molar-refractivity contribution in [3.63, 3.8) is 0 Å². The normalized spacial score (nSPS) is 10.9. The van der Waals surface area contributed by atoms with Crippen molar-refractivity contribution in [1.29, 1.82) is 0 Å². The van der Waals surface area contributed by atoms with Gasteiger partial charge in [0.15, 0.2) is 0 Å². The first-order chi connectivity index (χ1) is 12.2. The van der Waals surface area contributed by atoms with Gasteiger partial charge in [-0.3, -0.25) is 0 Å². The number of nitrogens with zero attached hydrogens (tertiary/aromatic N) is 1. The molecule has 5 nitrogen and oxygen atoms in total. The Hall–Kier alpha value is -3.34. The Kier molecular flexibility index (Phi) is 3.82. The third-order valence-corrected chi connectivity index (χ3v) is 3.88. The van der Waals surface area contributed by atoms with Gasteiger partial charge in [-0.1, -0.05) is 18.2 Å². The van der Waals surface area contributed by atoms with Gasteiger partial charge in [-0.2, -0.15) is 0 Å². The van der Waals surface area contributed by atoms with E-state index < -0.39 is 0 Å². The lowest BCUT2D eigenvalue weighted by Gasteiger charge is -2.05. The average molecular weight is 333 g/mol. The Balaban J connectivity index is 1.55. The molecule has 2 heterocycles. The molecule has 0 aliphatic rings. The number of hydrogen-bond acceptors (Lipinski definition) is 5. The van der Waals surface area contributed by atoms with E-state index in [1.807, 2.05) is 49.4 Å². The molecule has 2 aromatic carbocycles. The smallest absolute Gasteiger partial charge is 0.336 e. The SMILES string of the molecule is Cc1oc(-c2ccccc2)nc1COc1ccc2ccc(=O)oc2c1. The van der Waals surface area contributed by atoms with E-state index >= 15 is 0 Å². The van der Waals surface area contributed by atoms with E-state index in [-0.39, 0.29) is 12.2 Å². The van der Waals surface area contributed by atoms with Crippen molar-refractivity contribution in [2.75, 3.05) is 0 Å². The molecule has 0 aliphatic heterocycles. The molecule has 0 saturated carbocycles. The Bertz CT molecular complexity index is 1080. The molecule has 4 rings (SSSR count). The molecule has 0 unspecified atom stereocenters. The van der Waals surface area contributed by atoms with Crippen LogP contribution in [0.1, 0.15) is 11.5 Å². The van der Waals surface area contributed by atoms with Gasteiger partial charge < -0.3 is 13.6 Å². The fraction of sp³-hybridized carbons (Fsp3) is 0.100. The summed E-state index contributed by atoms with van der Waals surface area (Å²) in [6, 6.07) is 18.2.